The molecule has 1 aromatic carbocycles. The third-order valence-electron chi connectivity index (χ3n) is 5.86. The highest BCUT2D eigenvalue weighted by molar-refractivity contribution is 5.97. The molecule has 1 spiro atoms. The van der Waals surface area contributed by atoms with Gasteiger partial charge in [0, 0.05) is 44.2 Å². The summed E-state index contributed by atoms with van der Waals surface area (Å²) in [6.07, 6.45) is 3.32. The summed E-state index contributed by atoms with van der Waals surface area (Å²) < 4.78 is 16.4. The van der Waals surface area contributed by atoms with Gasteiger partial charge in [0.1, 0.15) is 0 Å². The van der Waals surface area contributed by atoms with Gasteiger partial charge in [-0.25, -0.2) is 0 Å². The number of hydrogen-bond acceptors (Lipinski definition) is 5. The van der Waals surface area contributed by atoms with Crippen molar-refractivity contribution < 1.29 is 18.7 Å². The topological polar surface area (TPSA) is 55.2 Å². The summed E-state index contributed by atoms with van der Waals surface area (Å²) >= 11 is 0. The van der Waals surface area contributed by atoms with E-state index in [-0.39, 0.29) is 11.4 Å². The van der Waals surface area contributed by atoms with Crippen molar-refractivity contribution in [1.29, 1.82) is 0 Å². The molecule has 2 saturated heterocycles. The van der Waals surface area contributed by atoms with Crippen LogP contribution < -0.4 is 4.74 Å². The van der Waals surface area contributed by atoms with E-state index in [1.54, 1.807) is 14.2 Å². The van der Waals surface area contributed by atoms with Crippen LogP contribution in [0.3, 0.4) is 0 Å². The summed E-state index contributed by atoms with van der Waals surface area (Å²) in [6, 6.07) is 7.51. The molecule has 6 heteroatoms. The maximum atomic E-state index is 13.1. The van der Waals surface area contributed by atoms with Crippen LogP contribution in [0.1, 0.15) is 29.8 Å². The fraction of sp³-hybridized carbons (Fsp3) is 0.550. The molecule has 2 aliphatic rings. The maximum absolute atomic E-state index is 13.1. The lowest BCUT2D eigenvalue weighted by atomic mass is 9.77. The predicted octanol–water partition coefficient (Wildman–Crippen LogP) is 2.77. The number of carbonyl (C=O) groups is 1. The first-order valence-electron chi connectivity index (χ1n) is 9.27. The van der Waals surface area contributed by atoms with E-state index >= 15 is 0 Å². The van der Waals surface area contributed by atoms with Gasteiger partial charge in [0.2, 0.25) is 0 Å². The highest BCUT2D eigenvalue weighted by Gasteiger charge is 2.47. The molecule has 0 saturated carbocycles. The van der Waals surface area contributed by atoms with Crippen LogP contribution in [0.2, 0.25) is 0 Å². The molecular formula is C20H26N2O4. The average Bonchev–Trinajstić information content (AvgIpc) is 3.11. The van der Waals surface area contributed by atoms with Gasteiger partial charge < -0.3 is 18.8 Å². The lowest BCUT2D eigenvalue weighted by molar-refractivity contribution is -0.0682. The zero-order chi connectivity index (χ0) is 18.1. The maximum Gasteiger partial charge on any atom is 0.289 e. The Labute approximate surface area is 153 Å². The van der Waals surface area contributed by atoms with Crippen molar-refractivity contribution in [2.75, 3.05) is 47.0 Å². The summed E-state index contributed by atoms with van der Waals surface area (Å²) in [5.41, 5.74) is 0.756. The summed E-state index contributed by atoms with van der Waals surface area (Å²) in [7, 11) is 3.34. The minimum Gasteiger partial charge on any atom is -0.493 e. The van der Waals surface area contributed by atoms with Gasteiger partial charge in [-0.1, -0.05) is 12.1 Å². The minimum absolute atomic E-state index is 0.0269. The first-order valence-corrected chi connectivity index (χ1v) is 9.27. The monoisotopic (exact) mass is 358 g/mol. The Hall–Kier alpha value is -2.05. The number of likely N-dealkylation sites (tertiary alicyclic amines) is 2. The van der Waals surface area contributed by atoms with E-state index in [9.17, 15) is 4.79 Å². The van der Waals surface area contributed by atoms with E-state index in [0.29, 0.717) is 17.1 Å². The van der Waals surface area contributed by atoms with E-state index in [1.165, 1.54) is 0 Å². The van der Waals surface area contributed by atoms with Gasteiger partial charge in [0.25, 0.3) is 5.91 Å². The Morgan fingerprint density at radius 2 is 2.15 bits per heavy atom. The second kappa shape index (κ2) is 6.93. The molecule has 2 aromatic rings. The number of amides is 1. The highest BCUT2D eigenvalue weighted by Crippen LogP contribution is 2.39. The Bertz CT molecular complexity index is 802. The van der Waals surface area contributed by atoms with Crippen LogP contribution in [0.15, 0.2) is 28.7 Å². The zero-order valence-corrected chi connectivity index (χ0v) is 15.5. The lowest BCUT2D eigenvalue weighted by Crippen LogP contribution is -2.67. The molecule has 2 fully saturated rings. The molecule has 3 heterocycles. The Kier molecular flexibility index (Phi) is 4.63. The lowest BCUT2D eigenvalue weighted by Gasteiger charge is -2.57. The smallest absolute Gasteiger partial charge is 0.289 e. The van der Waals surface area contributed by atoms with Crippen LogP contribution in [0, 0.1) is 0 Å². The van der Waals surface area contributed by atoms with Gasteiger partial charge in [-0.15, -0.1) is 0 Å². The van der Waals surface area contributed by atoms with Gasteiger partial charge in [-0.2, -0.15) is 0 Å². The number of methoxy groups -OCH3 is 2. The van der Waals surface area contributed by atoms with Crippen molar-refractivity contribution in [3.8, 4) is 5.75 Å². The molecule has 1 atom stereocenters. The summed E-state index contributed by atoms with van der Waals surface area (Å²) in [5, 5.41) is 0.893. The Morgan fingerprint density at radius 1 is 1.27 bits per heavy atom. The van der Waals surface area contributed by atoms with Crippen molar-refractivity contribution >= 4 is 16.9 Å². The van der Waals surface area contributed by atoms with E-state index < -0.39 is 0 Å². The summed E-state index contributed by atoms with van der Waals surface area (Å²) in [6.45, 7) is 4.31. The fourth-order valence-corrected chi connectivity index (χ4v) is 4.34. The van der Waals surface area contributed by atoms with Crippen LogP contribution in [-0.4, -0.2) is 68.3 Å². The van der Waals surface area contributed by atoms with Gasteiger partial charge in [-0.05, 0) is 31.4 Å². The molecule has 2 aliphatic heterocycles. The highest BCUT2D eigenvalue weighted by atomic mass is 16.5. The standard InChI is InChI=1S/C20H26N2O4/c1-24-12-11-22-10-8-20(22)7-4-9-21(14-20)19(23)17-13-15-5-3-6-16(25-2)18(15)26-17/h3,5-6,13H,4,7-12,14H2,1-2H3/t20-/m0/s1. The molecule has 4 rings (SSSR count). The first kappa shape index (κ1) is 17.4. The van der Waals surface area contributed by atoms with E-state index in [1.807, 2.05) is 29.2 Å². The SMILES string of the molecule is COCCN1CC[C@]12CCCN(C(=O)c1cc3cccc(OC)c3o1)C2. The summed E-state index contributed by atoms with van der Waals surface area (Å²) in [5.74, 6) is 1.02. The molecule has 0 aliphatic carbocycles. The van der Waals surface area contributed by atoms with Crippen LogP contribution in [-0.2, 0) is 4.74 Å². The van der Waals surface area contributed by atoms with Crippen molar-refractivity contribution in [1.82, 2.24) is 9.80 Å². The molecule has 6 nitrogen and oxygen atoms in total. The number of benzene rings is 1. The number of rotatable bonds is 5. The number of ether oxygens (including phenoxy) is 2. The van der Waals surface area contributed by atoms with Gasteiger partial charge in [-0.3, -0.25) is 9.69 Å². The normalized spacial score (nSPS) is 23.4. The molecular weight excluding hydrogens is 332 g/mol. The van der Waals surface area contributed by atoms with Crippen LogP contribution in [0.25, 0.3) is 11.0 Å². The number of hydrogen-bond donors (Lipinski definition) is 0. The third-order valence-corrected chi connectivity index (χ3v) is 5.86. The van der Waals surface area contributed by atoms with E-state index in [4.69, 9.17) is 13.9 Å². The average molecular weight is 358 g/mol. The number of para-hydroxylation sites is 1. The van der Waals surface area contributed by atoms with Gasteiger partial charge in [0.15, 0.2) is 17.1 Å². The van der Waals surface area contributed by atoms with E-state index in [0.717, 1.165) is 57.4 Å². The quantitative estimate of drug-likeness (QED) is 0.823. The Balaban J connectivity index is 1.53. The van der Waals surface area contributed by atoms with Gasteiger partial charge in [0.05, 0.1) is 13.7 Å². The molecule has 0 bridgehead atoms. The van der Waals surface area contributed by atoms with E-state index in [2.05, 4.69) is 4.90 Å². The van der Waals surface area contributed by atoms with Crippen LogP contribution in [0.5, 0.6) is 5.75 Å². The second-order valence-corrected chi connectivity index (χ2v) is 7.27. The number of carbonyl (C=O) groups excluding carboxylic acids is 1. The molecule has 1 amide bonds. The van der Waals surface area contributed by atoms with Crippen molar-refractivity contribution in [3.63, 3.8) is 0 Å². The van der Waals surface area contributed by atoms with Crippen LogP contribution >= 0.6 is 0 Å². The third kappa shape index (κ3) is 2.87. The predicted molar refractivity (Wildman–Crippen MR) is 98.7 cm³/mol. The minimum atomic E-state index is -0.0269. The summed E-state index contributed by atoms with van der Waals surface area (Å²) in [4.78, 5) is 17.5. The molecule has 140 valence electrons. The number of nitrogens with zero attached hydrogens (tertiary/aromatic N) is 2. The number of furan rings is 1. The van der Waals surface area contributed by atoms with Crippen LogP contribution in [0.4, 0.5) is 0 Å². The van der Waals surface area contributed by atoms with Crippen molar-refractivity contribution in [2.24, 2.45) is 0 Å². The van der Waals surface area contributed by atoms with Crippen molar-refractivity contribution in [3.05, 3.63) is 30.0 Å². The number of fused-ring (bicyclic) bond motifs is 1. The molecule has 1 aromatic heterocycles. The zero-order valence-electron chi connectivity index (χ0n) is 15.5. The fourth-order valence-electron chi connectivity index (χ4n) is 4.34. The molecule has 26 heavy (non-hydrogen) atoms. The first-order chi connectivity index (χ1) is 12.7. The van der Waals surface area contributed by atoms with Crippen molar-refractivity contribution in [2.45, 2.75) is 24.8 Å². The Morgan fingerprint density at radius 3 is 2.88 bits per heavy atom. The largest absolute Gasteiger partial charge is 0.493 e. The van der Waals surface area contributed by atoms with Gasteiger partial charge >= 0.3 is 0 Å². The molecule has 0 N–H and O–H groups in total. The number of piperidine rings is 1. The molecule has 0 unspecified atom stereocenters. The molecule has 0 radical (unpaired) electrons. The second-order valence-electron chi connectivity index (χ2n) is 7.27.